The highest BCUT2D eigenvalue weighted by molar-refractivity contribution is 5.97. The number of hydrogen-bond donors (Lipinski definition) is 1. The van der Waals surface area contributed by atoms with Crippen molar-refractivity contribution in [1.29, 1.82) is 0 Å². The Labute approximate surface area is 182 Å². The molecule has 0 aliphatic carbocycles. The van der Waals surface area contributed by atoms with Gasteiger partial charge in [-0.15, -0.1) is 0 Å². The van der Waals surface area contributed by atoms with Gasteiger partial charge in [0.05, 0.1) is 5.92 Å². The maximum Gasteiger partial charge on any atom is 0.231 e. The van der Waals surface area contributed by atoms with Crippen LogP contribution in [0.3, 0.4) is 0 Å². The number of likely N-dealkylation sites (tertiary alicyclic amines) is 1. The summed E-state index contributed by atoms with van der Waals surface area (Å²) in [5.41, 5.74) is 3.91. The molecule has 2 aromatic rings. The SMILES string of the molecule is CCN(CC)c1ccc(NC(=O)C2CC(=O)N(Cc3ccc4c(c3)OCO4)C2)c(C)c1. The molecule has 1 unspecified atom stereocenters. The van der Waals surface area contributed by atoms with Crippen molar-refractivity contribution >= 4 is 23.2 Å². The van der Waals surface area contributed by atoms with E-state index in [0.29, 0.717) is 18.8 Å². The molecule has 164 valence electrons. The Balaban J connectivity index is 1.38. The van der Waals surface area contributed by atoms with Crippen LogP contribution in [0.2, 0.25) is 0 Å². The van der Waals surface area contributed by atoms with Crippen LogP contribution in [0, 0.1) is 12.8 Å². The fourth-order valence-electron chi connectivity index (χ4n) is 4.17. The van der Waals surface area contributed by atoms with E-state index >= 15 is 0 Å². The zero-order valence-electron chi connectivity index (χ0n) is 18.3. The van der Waals surface area contributed by atoms with Gasteiger partial charge in [0.15, 0.2) is 11.5 Å². The van der Waals surface area contributed by atoms with Gasteiger partial charge in [0.25, 0.3) is 0 Å². The van der Waals surface area contributed by atoms with E-state index in [1.165, 1.54) is 0 Å². The van der Waals surface area contributed by atoms with Crippen LogP contribution < -0.4 is 19.7 Å². The third kappa shape index (κ3) is 4.45. The number of nitrogens with one attached hydrogen (secondary N) is 1. The molecule has 31 heavy (non-hydrogen) atoms. The van der Waals surface area contributed by atoms with Gasteiger partial charge in [0, 0.05) is 44.0 Å². The van der Waals surface area contributed by atoms with Crippen LogP contribution in [0.4, 0.5) is 11.4 Å². The third-order valence-electron chi connectivity index (χ3n) is 5.99. The molecular weight excluding hydrogens is 394 g/mol. The second-order valence-corrected chi connectivity index (χ2v) is 8.02. The van der Waals surface area contributed by atoms with Crippen molar-refractivity contribution in [2.45, 2.75) is 33.7 Å². The fourth-order valence-corrected chi connectivity index (χ4v) is 4.17. The lowest BCUT2D eigenvalue weighted by Crippen LogP contribution is -2.28. The van der Waals surface area contributed by atoms with Gasteiger partial charge in [0.1, 0.15) is 0 Å². The Morgan fingerprint density at radius 3 is 2.65 bits per heavy atom. The molecule has 7 nitrogen and oxygen atoms in total. The maximum atomic E-state index is 12.9. The zero-order chi connectivity index (χ0) is 22.0. The lowest BCUT2D eigenvalue weighted by molar-refractivity contribution is -0.128. The normalized spacial score (nSPS) is 17.2. The highest BCUT2D eigenvalue weighted by Gasteiger charge is 2.34. The average Bonchev–Trinajstić information content (AvgIpc) is 3.37. The predicted octanol–water partition coefficient (Wildman–Crippen LogP) is 3.56. The largest absolute Gasteiger partial charge is 0.454 e. The lowest BCUT2D eigenvalue weighted by atomic mass is 10.1. The summed E-state index contributed by atoms with van der Waals surface area (Å²) in [5.74, 6) is 0.938. The topological polar surface area (TPSA) is 71.1 Å². The first-order valence-corrected chi connectivity index (χ1v) is 10.8. The number of rotatable bonds is 7. The van der Waals surface area contributed by atoms with Gasteiger partial charge in [-0.05, 0) is 62.2 Å². The van der Waals surface area contributed by atoms with Gasteiger partial charge >= 0.3 is 0 Å². The summed E-state index contributed by atoms with van der Waals surface area (Å²) in [5, 5.41) is 3.02. The molecule has 1 fully saturated rings. The highest BCUT2D eigenvalue weighted by atomic mass is 16.7. The van der Waals surface area contributed by atoms with Gasteiger partial charge in [-0.25, -0.2) is 0 Å². The van der Waals surface area contributed by atoms with E-state index in [-0.39, 0.29) is 30.9 Å². The predicted molar refractivity (Wildman–Crippen MR) is 119 cm³/mol. The van der Waals surface area contributed by atoms with Crippen molar-refractivity contribution in [3.8, 4) is 11.5 Å². The van der Waals surface area contributed by atoms with E-state index in [9.17, 15) is 9.59 Å². The molecule has 1 atom stereocenters. The minimum atomic E-state index is -0.358. The van der Waals surface area contributed by atoms with Gasteiger partial charge in [-0.3, -0.25) is 9.59 Å². The van der Waals surface area contributed by atoms with Crippen molar-refractivity contribution in [2.24, 2.45) is 5.92 Å². The van der Waals surface area contributed by atoms with E-state index in [4.69, 9.17) is 9.47 Å². The van der Waals surface area contributed by atoms with Gasteiger partial charge in [0.2, 0.25) is 18.6 Å². The monoisotopic (exact) mass is 423 g/mol. The zero-order valence-corrected chi connectivity index (χ0v) is 18.3. The van der Waals surface area contributed by atoms with Gasteiger partial charge in [-0.1, -0.05) is 6.07 Å². The number of carbonyl (C=O) groups is 2. The van der Waals surface area contributed by atoms with E-state index in [1.54, 1.807) is 4.90 Å². The Kier molecular flexibility index (Phi) is 6.02. The Morgan fingerprint density at radius 1 is 1.13 bits per heavy atom. The van der Waals surface area contributed by atoms with Crippen molar-refractivity contribution in [3.05, 3.63) is 47.5 Å². The molecule has 2 aromatic carbocycles. The molecule has 7 heteroatoms. The van der Waals surface area contributed by atoms with Gasteiger partial charge in [-0.2, -0.15) is 0 Å². The fraction of sp³-hybridized carbons (Fsp3) is 0.417. The maximum absolute atomic E-state index is 12.9. The minimum Gasteiger partial charge on any atom is -0.454 e. The second kappa shape index (κ2) is 8.88. The first kappa shape index (κ1) is 21.0. The van der Waals surface area contributed by atoms with Crippen molar-refractivity contribution < 1.29 is 19.1 Å². The number of aryl methyl sites for hydroxylation is 1. The first-order valence-electron chi connectivity index (χ1n) is 10.8. The van der Waals surface area contributed by atoms with E-state index in [2.05, 4.69) is 30.1 Å². The summed E-state index contributed by atoms with van der Waals surface area (Å²) in [6, 6.07) is 11.7. The van der Waals surface area contributed by atoms with Crippen LogP contribution in [-0.4, -0.2) is 43.1 Å². The third-order valence-corrected chi connectivity index (χ3v) is 5.99. The summed E-state index contributed by atoms with van der Waals surface area (Å²) in [6.07, 6.45) is 0.229. The number of hydrogen-bond acceptors (Lipinski definition) is 5. The van der Waals surface area contributed by atoms with Crippen molar-refractivity contribution in [2.75, 3.05) is 36.6 Å². The molecule has 2 aliphatic rings. The van der Waals surface area contributed by atoms with E-state index < -0.39 is 0 Å². The molecule has 4 rings (SSSR count). The molecule has 0 bridgehead atoms. The molecule has 2 aliphatic heterocycles. The molecule has 1 N–H and O–H groups in total. The standard InChI is InChI=1S/C24H29N3O4/c1-4-26(5-2)19-7-8-20(16(3)10-19)25-24(29)18-12-23(28)27(14-18)13-17-6-9-21-22(11-17)31-15-30-21/h6-11,18H,4-5,12-15H2,1-3H3,(H,25,29). The summed E-state index contributed by atoms with van der Waals surface area (Å²) in [6.45, 7) is 9.21. The Hall–Kier alpha value is -3.22. The lowest BCUT2D eigenvalue weighted by Gasteiger charge is -2.22. The van der Waals surface area contributed by atoms with E-state index in [0.717, 1.165) is 41.3 Å². The Morgan fingerprint density at radius 2 is 1.90 bits per heavy atom. The highest BCUT2D eigenvalue weighted by Crippen LogP contribution is 2.33. The Bertz CT molecular complexity index is 987. The number of anilines is 2. The van der Waals surface area contributed by atoms with E-state index in [1.807, 2.05) is 37.3 Å². The van der Waals surface area contributed by atoms with Crippen molar-refractivity contribution in [3.63, 3.8) is 0 Å². The number of fused-ring (bicyclic) bond motifs is 1. The number of benzene rings is 2. The van der Waals surface area contributed by atoms with Crippen LogP contribution in [0.15, 0.2) is 36.4 Å². The molecule has 2 heterocycles. The smallest absolute Gasteiger partial charge is 0.231 e. The molecule has 1 saturated heterocycles. The molecular formula is C24H29N3O4. The van der Waals surface area contributed by atoms with Crippen LogP contribution in [0.5, 0.6) is 11.5 Å². The van der Waals surface area contributed by atoms with Crippen LogP contribution in [0.1, 0.15) is 31.4 Å². The molecule has 0 spiro atoms. The number of nitrogens with zero attached hydrogens (tertiary/aromatic N) is 2. The average molecular weight is 424 g/mol. The number of carbonyl (C=O) groups excluding carboxylic acids is 2. The second-order valence-electron chi connectivity index (χ2n) is 8.02. The summed E-state index contributed by atoms with van der Waals surface area (Å²) in [4.78, 5) is 29.4. The summed E-state index contributed by atoms with van der Waals surface area (Å²) < 4.78 is 10.7. The first-order chi connectivity index (χ1) is 15.0. The molecule has 0 radical (unpaired) electrons. The summed E-state index contributed by atoms with van der Waals surface area (Å²) >= 11 is 0. The summed E-state index contributed by atoms with van der Waals surface area (Å²) in [7, 11) is 0. The van der Waals surface area contributed by atoms with Crippen LogP contribution in [-0.2, 0) is 16.1 Å². The minimum absolute atomic E-state index is 0.00794. The van der Waals surface area contributed by atoms with Crippen LogP contribution in [0.25, 0.3) is 0 Å². The van der Waals surface area contributed by atoms with Crippen LogP contribution >= 0.6 is 0 Å². The van der Waals surface area contributed by atoms with Gasteiger partial charge < -0.3 is 24.6 Å². The van der Waals surface area contributed by atoms with Crippen molar-refractivity contribution in [1.82, 2.24) is 4.90 Å². The number of ether oxygens (including phenoxy) is 2. The molecule has 0 aromatic heterocycles. The number of amides is 2. The molecule has 0 saturated carbocycles. The molecule has 2 amide bonds. The quantitative estimate of drug-likeness (QED) is 0.737.